The summed E-state index contributed by atoms with van der Waals surface area (Å²) >= 11 is 0. The monoisotopic (exact) mass is 363 g/mol. The number of nitrogens with one attached hydrogen (secondary N) is 2. The third kappa shape index (κ3) is 6.41. The summed E-state index contributed by atoms with van der Waals surface area (Å²) < 4.78 is 16.2. The maximum absolute atomic E-state index is 5.77. The van der Waals surface area contributed by atoms with E-state index in [1.165, 1.54) is 19.3 Å². The van der Waals surface area contributed by atoms with Crippen molar-refractivity contribution in [3.05, 3.63) is 24.3 Å². The normalized spacial score (nSPS) is 15.9. The highest BCUT2D eigenvalue weighted by Gasteiger charge is 2.36. The van der Waals surface area contributed by atoms with E-state index in [9.17, 15) is 0 Å². The second kappa shape index (κ2) is 10.9. The Hall–Kier alpha value is -1.95. The first-order valence-corrected chi connectivity index (χ1v) is 9.49. The third-order valence-electron chi connectivity index (χ3n) is 4.87. The molecule has 1 saturated carbocycles. The molecule has 0 aromatic heterocycles. The second-order valence-electron chi connectivity index (χ2n) is 6.75. The van der Waals surface area contributed by atoms with Crippen molar-refractivity contribution in [1.82, 2.24) is 10.6 Å². The van der Waals surface area contributed by atoms with Gasteiger partial charge in [0.05, 0.1) is 13.7 Å². The Kier molecular flexibility index (Phi) is 8.54. The van der Waals surface area contributed by atoms with Crippen LogP contribution in [-0.2, 0) is 4.74 Å². The molecule has 0 spiro atoms. The molecule has 0 unspecified atom stereocenters. The van der Waals surface area contributed by atoms with Gasteiger partial charge in [0.15, 0.2) is 5.96 Å². The number of benzene rings is 1. The quantitative estimate of drug-likeness (QED) is 0.360. The van der Waals surface area contributed by atoms with E-state index in [4.69, 9.17) is 19.2 Å². The van der Waals surface area contributed by atoms with Gasteiger partial charge in [-0.3, -0.25) is 4.99 Å². The number of hydrogen-bond acceptors (Lipinski definition) is 4. The maximum Gasteiger partial charge on any atom is 0.191 e. The molecule has 2 N–H and O–H groups in total. The maximum atomic E-state index is 5.77. The standard InChI is InChI=1S/C20H33N3O3/c1-4-21-19(23-16-20(9-6-10-20)11-13-24-2)22-12-14-26-18-8-5-7-17(15-18)25-3/h5,7-8,15H,4,6,9-14,16H2,1-3H3,(H2,21,22,23). The van der Waals surface area contributed by atoms with Crippen LogP contribution < -0.4 is 20.1 Å². The lowest BCUT2D eigenvalue weighted by Gasteiger charge is -2.40. The molecule has 6 nitrogen and oxygen atoms in total. The zero-order valence-electron chi connectivity index (χ0n) is 16.3. The molecular formula is C20H33N3O3. The zero-order chi connectivity index (χ0) is 18.7. The Balaban J connectivity index is 1.77. The number of aliphatic imine (C=N–C) groups is 1. The lowest BCUT2D eigenvalue weighted by Crippen LogP contribution is -2.41. The summed E-state index contributed by atoms with van der Waals surface area (Å²) in [7, 11) is 3.42. The van der Waals surface area contributed by atoms with Gasteiger partial charge in [-0.1, -0.05) is 12.5 Å². The summed E-state index contributed by atoms with van der Waals surface area (Å²) in [6.07, 6.45) is 4.89. The lowest BCUT2D eigenvalue weighted by molar-refractivity contribution is 0.0778. The van der Waals surface area contributed by atoms with Crippen LogP contribution in [-0.4, -0.2) is 53.0 Å². The molecule has 0 bridgehead atoms. The highest BCUT2D eigenvalue weighted by molar-refractivity contribution is 5.79. The van der Waals surface area contributed by atoms with Crippen LogP contribution in [0, 0.1) is 5.41 Å². The molecule has 0 saturated heterocycles. The molecule has 1 aromatic rings. The Bertz CT molecular complexity index is 559. The van der Waals surface area contributed by atoms with Gasteiger partial charge >= 0.3 is 0 Å². The smallest absolute Gasteiger partial charge is 0.191 e. The first-order valence-electron chi connectivity index (χ1n) is 9.49. The third-order valence-corrected chi connectivity index (χ3v) is 4.87. The fourth-order valence-electron chi connectivity index (χ4n) is 3.10. The molecule has 1 fully saturated rings. The van der Waals surface area contributed by atoms with Gasteiger partial charge in [0.25, 0.3) is 0 Å². The molecule has 0 aliphatic heterocycles. The van der Waals surface area contributed by atoms with Gasteiger partial charge < -0.3 is 24.8 Å². The summed E-state index contributed by atoms with van der Waals surface area (Å²) in [6.45, 7) is 5.83. The van der Waals surface area contributed by atoms with E-state index >= 15 is 0 Å². The van der Waals surface area contributed by atoms with Crippen molar-refractivity contribution in [3.8, 4) is 11.5 Å². The molecule has 1 aliphatic rings. The number of ether oxygens (including phenoxy) is 3. The van der Waals surface area contributed by atoms with E-state index in [1.807, 2.05) is 24.3 Å². The molecule has 0 atom stereocenters. The van der Waals surface area contributed by atoms with Gasteiger partial charge in [-0.15, -0.1) is 0 Å². The average Bonchev–Trinajstić information content (AvgIpc) is 2.64. The predicted octanol–water partition coefficient (Wildman–Crippen LogP) is 2.84. The van der Waals surface area contributed by atoms with Crippen molar-refractivity contribution in [1.29, 1.82) is 0 Å². The van der Waals surface area contributed by atoms with Gasteiger partial charge in [0.1, 0.15) is 18.1 Å². The number of hydrogen-bond donors (Lipinski definition) is 2. The summed E-state index contributed by atoms with van der Waals surface area (Å²) in [5.41, 5.74) is 0.329. The van der Waals surface area contributed by atoms with Crippen LogP contribution in [0.15, 0.2) is 29.3 Å². The predicted molar refractivity (Wildman–Crippen MR) is 105 cm³/mol. The Morgan fingerprint density at radius 2 is 1.96 bits per heavy atom. The molecule has 0 heterocycles. The Morgan fingerprint density at radius 1 is 1.15 bits per heavy atom. The number of guanidine groups is 1. The molecule has 0 amide bonds. The number of methoxy groups -OCH3 is 2. The van der Waals surface area contributed by atoms with E-state index in [-0.39, 0.29) is 0 Å². The molecule has 6 heteroatoms. The van der Waals surface area contributed by atoms with Gasteiger partial charge in [0.2, 0.25) is 0 Å². The minimum atomic E-state index is 0.329. The average molecular weight is 364 g/mol. The van der Waals surface area contributed by atoms with Gasteiger partial charge in [-0.2, -0.15) is 0 Å². The van der Waals surface area contributed by atoms with Crippen molar-refractivity contribution in [2.24, 2.45) is 10.4 Å². The van der Waals surface area contributed by atoms with Gasteiger partial charge in [-0.25, -0.2) is 0 Å². The van der Waals surface area contributed by atoms with Gasteiger partial charge in [-0.05, 0) is 43.7 Å². The highest BCUT2D eigenvalue weighted by Crippen LogP contribution is 2.44. The topological polar surface area (TPSA) is 64.1 Å². The fraction of sp³-hybridized carbons (Fsp3) is 0.650. The van der Waals surface area contributed by atoms with Crippen molar-refractivity contribution in [2.45, 2.75) is 32.6 Å². The van der Waals surface area contributed by atoms with Crippen molar-refractivity contribution >= 4 is 5.96 Å². The largest absolute Gasteiger partial charge is 0.497 e. The van der Waals surface area contributed by atoms with E-state index in [2.05, 4.69) is 17.6 Å². The molecule has 1 aromatic carbocycles. The van der Waals surface area contributed by atoms with E-state index in [0.29, 0.717) is 18.6 Å². The highest BCUT2D eigenvalue weighted by atomic mass is 16.5. The van der Waals surface area contributed by atoms with Crippen LogP contribution in [0.3, 0.4) is 0 Å². The van der Waals surface area contributed by atoms with Crippen LogP contribution in [0.25, 0.3) is 0 Å². The fourth-order valence-corrected chi connectivity index (χ4v) is 3.10. The summed E-state index contributed by atoms with van der Waals surface area (Å²) in [5, 5.41) is 6.66. The van der Waals surface area contributed by atoms with Crippen molar-refractivity contribution in [3.63, 3.8) is 0 Å². The number of nitrogens with zero attached hydrogens (tertiary/aromatic N) is 1. The molecule has 1 aliphatic carbocycles. The minimum Gasteiger partial charge on any atom is -0.497 e. The Labute approximate surface area is 157 Å². The van der Waals surface area contributed by atoms with Crippen LogP contribution in [0.2, 0.25) is 0 Å². The van der Waals surface area contributed by atoms with Crippen molar-refractivity contribution in [2.75, 3.05) is 47.1 Å². The van der Waals surface area contributed by atoms with Crippen LogP contribution in [0.4, 0.5) is 0 Å². The van der Waals surface area contributed by atoms with E-state index < -0.39 is 0 Å². The molecule has 2 rings (SSSR count). The molecule has 0 radical (unpaired) electrons. The number of rotatable bonds is 11. The van der Waals surface area contributed by atoms with Crippen LogP contribution in [0.1, 0.15) is 32.6 Å². The van der Waals surface area contributed by atoms with E-state index in [0.717, 1.165) is 43.6 Å². The van der Waals surface area contributed by atoms with Gasteiger partial charge in [0, 0.05) is 32.9 Å². The zero-order valence-corrected chi connectivity index (χ0v) is 16.3. The van der Waals surface area contributed by atoms with E-state index in [1.54, 1.807) is 14.2 Å². The Morgan fingerprint density at radius 3 is 2.62 bits per heavy atom. The minimum absolute atomic E-state index is 0.329. The van der Waals surface area contributed by atoms with Crippen LogP contribution >= 0.6 is 0 Å². The van der Waals surface area contributed by atoms with Crippen LogP contribution in [0.5, 0.6) is 11.5 Å². The molecule has 146 valence electrons. The first-order chi connectivity index (χ1) is 12.7. The first kappa shape index (κ1) is 20.4. The lowest BCUT2D eigenvalue weighted by atomic mass is 9.67. The summed E-state index contributed by atoms with van der Waals surface area (Å²) in [4.78, 5) is 4.80. The summed E-state index contributed by atoms with van der Waals surface area (Å²) in [6, 6.07) is 7.64. The molecular weight excluding hydrogens is 330 g/mol. The van der Waals surface area contributed by atoms with Crippen molar-refractivity contribution < 1.29 is 14.2 Å². The SMILES string of the molecule is CCNC(=NCC1(CCOC)CCC1)NCCOc1cccc(OC)c1. The second-order valence-corrected chi connectivity index (χ2v) is 6.75. The summed E-state index contributed by atoms with van der Waals surface area (Å²) in [5.74, 6) is 2.46. The molecule has 26 heavy (non-hydrogen) atoms.